The van der Waals surface area contributed by atoms with E-state index in [0.717, 1.165) is 5.56 Å². The number of phenolic OH excluding ortho intramolecular Hbond substituents is 1. The fraction of sp³-hybridized carbons (Fsp3) is 0.632. The highest BCUT2D eigenvalue weighted by Gasteiger charge is 2.54. The Bertz CT molecular complexity index is 605. The summed E-state index contributed by atoms with van der Waals surface area (Å²) < 4.78 is 11.4. The first-order valence-electron chi connectivity index (χ1n) is 8.55. The minimum Gasteiger partial charge on any atom is -0.508 e. The number of rotatable bonds is 4. The van der Waals surface area contributed by atoms with Gasteiger partial charge in [0.05, 0.1) is 18.8 Å². The molecule has 1 aromatic carbocycles. The van der Waals surface area contributed by atoms with Gasteiger partial charge in [-0.15, -0.1) is 0 Å². The Kier molecular flexibility index (Phi) is 5.35. The molecule has 6 nitrogen and oxygen atoms in total. The second kappa shape index (κ2) is 6.84. The quantitative estimate of drug-likeness (QED) is 0.871. The third-order valence-electron chi connectivity index (χ3n) is 4.39. The lowest BCUT2D eigenvalue weighted by molar-refractivity contribution is -0.0740. The lowest BCUT2D eigenvalue weighted by atomic mass is 9.91. The number of hydrogen-bond acceptors (Lipinski definition) is 5. The molecule has 1 heterocycles. The van der Waals surface area contributed by atoms with E-state index in [1.165, 1.54) is 4.90 Å². The van der Waals surface area contributed by atoms with E-state index in [4.69, 9.17) is 9.47 Å². The molecule has 0 spiro atoms. The number of aromatic hydroxyl groups is 1. The number of ether oxygens (including phenoxy) is 2. The zero-order valence-corrected chi connectivity index (χ0v) is 15.7. The smallest absolute Gasteiger partial charge is 0.413 e. The van der Waals surface area contributed by atoms with E-state index in [0.29, 0.717) is 12.8 Å². The summed E-state index contributed by atoms with van der Waals surface area (Å²) >= 11 is 0. The van der Waals surface area contributed by atoms with Crippen LogP contribution < -0.4 is 0 Å². The highest BCUT2D eigenvalue weighted by atomic mass is 16.6. The molecule has 2 rings (SSSR count). The first-order valence-corrected chi connectivity index (χ1v) is 8.55. The molecule has 0 bridgehead atoms. The molecule has 1 amide bonds. The predicted molar refractivity (Wildman–Crippen MR) is 94.3 cm³/mol. The lowest BCUT2D eigenvalue weighted by Crippen LogP contribution is -2.58. The van der Waals surface area contributed by atoms with Gasteiger partial charge in [-0.05, 0) is 65.2 Å². The summed E-state index contributed by atoms with van der Waals surface area (Å²) in [6.45, 7) is 9.06. The minimum atomic E-state index is -0.861. The number of nitrogens with zero attached hydrogens (tertiary/aromatic N) is 1. The molecule has 0 aliphatic carbocycles. The number of carbonyl (C=O) groups excluding carboxylic acids is 1. The molecule has 2 N–H and O–H groups in total. The Morgan fingerprint density at radius 1 is 1.28 bits per heavy atom. The molecule has 6 heteroatoms. The number of hydrogen-bond donors (Lipinski definition) is 2. The topological polar surface area (TPSA) is 79.2 Å². The fourth-order valence-corrected chi connectivity index (χ4v) is 3.15. The van der Waals surface area contributed by atoms with Gasteiger partial charge in [0.25, 0.3) is 0 Å². The van der Waals surface area contributed by atoms with Crippen molar-refractivity contribution in [2.75, 3.05) is 13.2 Å². The second-order valence-electron chi connectivity index (χ2n) is 8.10. The van der Waals surface area contributed by atoms with Crippen molar-refractivity contribution < 1.29 is 24.5 Å². The van der Waals surface area contributed by atoms with Crippen molar-refractivity contribution in [3.63, 3.8) is 0 Å². The van der Waals surface area contributed by atoms with E-state index in [2.05, 4.69) is 0 Å². The molecule has 0 aromatic heterocycles. The number of amides is 1. The Labute approximate surface area is 149 Å². The van der Waals surface area contributed by atoms with Crippen molar-refractivity contribution >= 4 is 6.09 Å². The first-order chi connectivity index (χ1) is 11.5. The molecule has 25 heavy (non-hydrogen) atoms. The second-order valence-corrected chi connectivity index (χ2v) is 8.10. The highest BCUT2D eigenvalue weighted by molar-refractivity contribution is 5.70. The number of benzene rings is 1. The van der Waals surface area contributed by atoms with Gasteiger partial charge in [0.2, 0.25) is 0 Å². The van der Waals surface area contributed by atoms with Crippen LogP contribution in [0.5, 0.6) is 5.75 Å². The maximum atomic E-state index is 12.8. The van der Waals surface area contributed by atoms with Crippen LogP contribution in [0.15, 0.2) is 24.3 Å². The number of aryl methyl sites for hydroxylation is 1. The molecule has 1 fully saturated rings. The van der Waals surface area contributed by atoms with Gasteiger partial charge in [-0.2, -0.15) is 0 Å². The summed E-state index contributed by atoms with van der Waals surface area (Å²) in [5, 5.41) is 19.5. The van der Waals surface area contributed by atoms with Crippen molar-refractivity contribution in [1.82, 2.24) is 4.90 Å². The van der Waals surface area contributed by atoms with Gasteiger partial charge in [-0.25, -0.2) is 4.79 Å². The molecule has 1 aromatic rings. The van der Waals surface area contributed by atoms with Crippen LogP contribution in [0.25, 0.3) is 0 Å². The summed E-state index contributed by atoms with van der Waals surface area (Å²) in [6, 6.07) is 6.92. The van der Waals surface area contributed by atoms with Crippen molar-refractivity contribution in [2.24, 2.45) is 0 Å². The average molecular weight is 351 g/mol. The molecule has 1 atom stereocenters. The van der Waals surface area contributed by atoms with E-state index in [1.807, 2.05) is 32.9 Å². The number of aliphatic hydroxyl groups is 1. The van der Waals surface area contributed by atoms with Crippen molar-refractivity contribution in [2.45, 2.75) is 64.3 Å². The summed E-state index contributed by atoms with van der Waals surface area (Å²) in [4.78, 5) is 14.3. The molecule has 140 valence electrons. The van der Waals surface area contributed by atoms with Gasteiger partial charge in [0.1, 0.15) is 17.1 Å². The normalized spacial score (nSPS) is 22.9. The highest BCUT2D eigenvalue weighted by Crippen LogP contribution is 2.39. The van der Waals surface area contributed by atoms with Crippen LogP contribution in [0.4, 0.5) is 4.79 Å². The van der Waals surface area contributed by atoms with Crippen LogP contribution >= 0.6 is 0 Å². The van der Waals surface area contributed by atoms with Crippen LogP contribution in [0, 0.1) is 0 Å². The van der Waals surface area contributed by atoms with E-state index < -0.39 is 23.0 Å². The zero-order chi connectivity index (χ0) is 18.9. The largest absolute Gasteiger partial charge is 0.508 e. The monoisotopic (exact) mass is 351 g/mol. The summed E-state index contributed by atoms with van der Waals surface area (Å²) in [5.41, 5.74) is -1.32. The first kappa shape index (κ1) is 19.5. The van der Waals surface area contributed by atoms with E-state index >= 15 is 0 Å². The molecular weight excluding hydrogens is 322 g/mol. The molecule has 1 aliphatic heterocycles. The van der Waals surface area contributed by atoms with Crippen molar-refractivity contribution in [3.8, 4) is 5.75 Å². The van der Waals surface area contributed by atoms with Crippen LogP contribution in [0.1, 0.15) is 46.6 Å². The molecule has 1 unspecified atom stereocenters. The maximum Gasteiger partial charge on any atom is 0.413 e. The average Bonchev–Trinajstić information content (AvgIpc) is 2.77. The number of phenols is 1. The minimum absolute atomic E-state index is 0.210. The molecular formula is C19H29NO5. The predicted octanol–water partition coefficient (Wildman–Crippen LogP) is 3.06. The number of aliphatic hydroxyl groups excluding tert-OH is 1. The summed E-state index contributed by atoms with van der Waals surface area (Å²) in [7, 11) is 0. The Morgan fingerprint density at radius 2 is 1.88 bits per heavy atom. The Hall–Kier alpha value is -1.79. The zero-order valence-electron chi connectivity index (χ0n) is 15.7. The van der Waals surface area contributed by atoms with Gasteiger partial charge in [-0.1, -0.05) is 12.1 Å². The van der Waals surface area contributed by atoms with Crippen LogP contribution in [-0.2, 0) is 15.9 Å². The van der Waals surface area contributed by atoms with E-state index in [1.54, 1.807) is 26.0 Å². The van der Waals surface area contributed by atoms with Crippen LogP contribution in [0.2, 0.25) is 0 Å². The van der Waals surface area contributed by atoms with E-state index in [-0.39, 0.29) is 19.0 Å². The van der Waals surface area contributed by atoms with Gasteiger partial charge in [0.15, 0.2) is 0 Å². The lowest BCUT2D eigenvalue weighted by Gasteiger charge is -2.41. The maximum absolute atomic E-state index is 12.8. The molecule has 1 aliphatic rings. The van der Waals surface area contributed by atoms with Gasteiger partial charge in [-0.3, -0.25) is 4.90 Å². The van der Waals surface area contributed by atoms with E-state index in [9.17, 15) is 15.0 Å². The molecule has 0 saturated carbocycles. The summed E-state index contributed by atoms with van der Waals surface area (Å²) in [5.74, 6) is 0.210. The summed E-state index contributed by atoms with van der Waals surface area (Å²) in [6.07, 6.45) is 0.672. The van der Waals surface area contributed by atoms with Gasteiger partial charge in [0, 0.05) is 0 Å². The van der Waals surface area contributed by atoms with Crippen molar-refractivity contribution in [3.05, 3.63) is 29.8 Å². The van der Waals surface area contributed by atoms with Gasteiger partial charge < -0.3 is 19.7 Å². The van der Waals surface area contributed by atoms with Crippen molar-refractivity contribution in [1.29, 1.82) is 0 Å². The van der Waals surface area contributed by atoms with Crippen LogP contribution in [-0.4, -0.2) is 51.3 Å². The Balaban J connectivity index is 2.22. The SMILES string of the molecule is CC(C)(C)OC(=O)N1C(CO)(CCc2ccc(O)cc2)COC1(C)C. The molecule has 0 radical (unpaired) electrons. The number of carbonyl (C=O) groups is 1. The third-order valence-corrected chi connectivity index (χ3v) is 4.39. The van der Waals surface area contributed by atoms with Gasteiger partial charge >= 0.3 is 6.09 Å². The third kappa shape index (κ3) is 4.44. The molecule has 1 saturated heterocycles. The Morgan fingerprint density at radius 3 is 2.40 bits per heavy atom. The van der Waals surface area contributed by atoms with Crippen LogP contribution in [0.3, 0.4) is 0 Å². The standard InChI is InChI=1S/C19H29NO5/c1-17(2,3)25-16(23)20-18(4,5)24-13-19(20,12-21)11-10-14-6-8-15(22)9-7-14/h6-9,21-22H,10-13H2,1-5H3. The fourth-order valence-electron chi connectivity index (χ4n) is 3.15.